The highest BCUT2D eigenvalue weighted by atomic mass is 16.1. The SMILES string of the molecule is O=C(Nc1ccccc1)C1CCN(c2ccc(Nc3cnccn3)nn2)CC1. The van der Waals surface area contributed by atoms with E-state index in [9.17, 15) is 4.79 Å². The predicted octanol–water partition coefficient (Wildman–Crippen LogP) is 2.87. The lowest BCUT2D eigenvalue weighted by atomic mass is 9.96. The molecule has 0 spiro atoms. The van der Waals surface area contributed by atoms with Crippen LogP contribution >= 0.6 is 0 Å². The average Bonchev–Trinajstić information content (AvgIpc) is 2.76. The Balaban J connectivity index is 1.30. The largest absolute Gasteiger partial charge is 0.355 e. The lowest BCUT2D eigenvalue weighted by Gasteiger charge is -2.31. The third-order valence-electron chi connectivity index (χ3n) is 4.70. The Hall–Kier alpha value is -3.55. The summed E-state index contributed by atoms with van der Waals surface area (Å²) in [7, 11) is 0. The van der Waals surface area contributed by atoms with Crippen LogP contribution in [0.25, 0.3) is 0 Å². The van der Waals surface area contributed by atoms with E-state index in [0.717, 1.165) is 37.4 Å². The van der Waals surface area contributed by atoms with Gasteiger partial charge in [-0.25, -0.2) is 4.98 Å². The van der Waals surface area contributed by atoms with E-state index in [0.29, 0.717) is 11.6 Å². The number of anilines is 4. The maximum Gasteiger partial charge on any atom is 0.227 e. The van der Waals surface area contributed by atoms with Crippen LogP contribution in [0.1, 0.15) is 12.8 Å². The molecule has 28 heavy (non-hydrogen) atoms. The molecule has 3 heterocycles. The van der Waals surface area contributed by atoms with E-state index < -0.39 is 0 Å². The number of nitrogens with one attached hydrogen (secondary N) is 2. The van der Waals surface area contributed by atoms with Gasteiger partial charge < -0.3 is 15.5 Å². The van der Waals surface area contributed by atoms with Gasteiger partial charge in [0.05, 0.1) is 6.20 Å². The first kappa shape index (κ1) is 17.8. The van der Waals surface area contributed by atoms with Gasteiger partial charge in [0.25, 0.3) is 0 Å². The van der Waals surface area contributed by atoms with Gasteiger partial charge in [0.2, 0.25) is 5.91 Å². The molecule has 8 heteroatoms. The first-order chi connectivity index (χ1) is 13.8. The maximum atomic E-state index is 12.5. The molecule has 3 aromatic rings. The number of piperidine rings is 1. The molecule has 1 aromatic carbocycles. The molecular formula is C20H21N7O. The number of hydrogen-bond donors (Lipinski definition) is 2. The highest BCUT2D eigenvalue weighted by molar-refractivity contribution is 5.92. The summed E-state index contributed by atoms with van der Waals surface area (Å²) >= 11 is 0. The Kier molecular flexibility index (Phi) is 5.37. The predicted molar refractivity (Wildman–Crippen MR) is 107 cm³/mol. The van der Waals surface area contributed by atoms with E-state index in [4.69, 9.17) is 0 Å². The molecule has 0 atom stereocenters. The molecule has 1 amide bonds. The van der Waals surface area contributed by atoms with Crippen LogP contribution in [0.3, 0.4) is 0 Å². The van der Waals surface area contributed by atoms with E-state index in [1.807, 2.05) is 42.5 Å². The first-order valence-corrected chi connectivity index (χ1v) is 9.25. The van der Waals surface area contributed by atoms with Crippen LogP contribution in [-0.2, 0) is 4.79 Å². The number of hydrogen-bond acceptors (Lipinski definition) is 7. The van der Waals surface area contributed by atoms with Gasteiger partial charge in [-0.3, -0.25) is 9.78 Å². The molecule has 0 unspecified atom stereocenters. The number of aromatic nitrogens is 4. The third kappa shape index (κ3) is 4.40. The number of amides is 1. The molecule has 0 radical (unpaired) electrons. The highest BCUT2D eigenvalue weighted by Crippen LogP contribution is 2.23. The first-order valence-electron chi connectivity index (χ1n) is 9.25. The second kappa shape index (κ2) is 8.43. The summed E-state index contributed by atoms with van der Waals surface area (Å²) in [4.78, 5) is 22.8. The average molecular weight is 375 g/mol. The lowest BCUT2D eigenvalue weighted by Crippen LogP contribution is -2.38. The summed E-state index contributed by atoms with van der Waals surface area (Å²) in [5, 5.41) is 14.6. The summed E-state index contributed by atoms with van der Waals surface area (Å²) in [6.45, 7) is 1.55. The van der Waals surface area contributed by atoms with Gasteiger partial charge in [-0.1, -0.05) is 18.2 Å². The van der Waals surface area contributed by atoms with Crippen LogP contribution in [0.5, 0.6) is 0 Å². The van der Waals surface area contributed by atoms with Crippen LogP contribution in [0.15, 0.2) is 61.1 Å². The Bertz CT molecular complexity index is 895. The Labute approximate surface area is 163 Å². The Morgan fingerprint density at radius 1 is 0.964 bits per heavy atom. The van der Waals surface area contributed by atoms with E-state index in [1.54, 1.807) is 18.6 Å². The van der Waals surface area contributed by atoms with Crippen LogP contribution in [0, 0.1) is 5.92 Å². The summed E-state index contributed by atoms with van der Waals surface area (Å²) in [6.07, 6.45) is 6.44. The summed E-state index contributed by atoms with van der Waals surface area (Å²) in [6, 6.07) is 13.4. The zero-order valence-corrected chi connectivity index (χ0v) is 15.3. The minimum atomic E-state index is 0.0158. The monoisotopic (exact) mass is 375 g/mol. The van der Waals surface area contributed by atoms with Crippen molar-refractivity contribution >= 4 is 29.0 Å². The third-order valence-corrected chi connectivity index (χ3v) is 4.70. The summed E-state index contributed by atoms with van der Waals surface area (Å²) in [5.74, 6) is 2.14. The van der Waals surface area contributed by atoms with Crippen LogP contribution < -0.4 is 15.5 Å². The van der Waals surface area contributed by atoms with Crippen molar-refractivity contribution in [3.63, 3.8) is 0 Å². The van der Waals surface area contributed by atoms with Gasteiger partial charge in [-0.2, -0.15) is 0 Å². The number of para-hydroxylation sites is 1. The fourth-order valence-electron chi connectivity index (χ4n) is 3.19. The second-order valence-electron chi connectivity index (χ2n) is 6.61. The van der Waals surface area contributed by atoms with Gasteiger partial charge in [0, 0.05) is 37.1 Å². The van der Waals surface area contributed by atoms with Crippen LogP contribution in [0.4, 0.5) is 23.1 Å². The molecule has 1 aliphatic rings. The van der Waals surface area contributed by atoms with E-state index in [2.05, 4.69) is 35.7 Å². The quantitative estimate of drug-likeness (QED) is 0.708. The van der Waals surface area contributed by atoms with Crippen molar-refractivity contribution in [1.29, 1.82) is 0 Å². The minimum absolute atomic E-state index is 0.0158. The molecule has 0 bridgehead atoms. The fraction of sp³-hybridized carbons (Fsp3) is 0.250. The van der Waals surface area contributed by atoms with Crippen LogP contribution in [-0.4, -0.2) is 39.2 Å². The van der Waals surface area contributed by atoms with Gasteiger partial charge >= 0.3 is 0 Å². The lowest BCUT2D eigenvalue weighted by molar-refractivity contribution is -0.120. The van der Waals surface area contributed by atoms with Gasteiger partial charge in [0.1, 0.15) is 5.82 Å². The van der Waals surface area contributed by atoms with Gasteiger partial charge in [-0.15, -0.1) is 10.2 Å². The molecule has 1 aliphatic heterocycles. The number of carbonyl (C=O) groups is 1. The highest BCUT2D eigenvalue weighted by Gasteiger charge is 2.25. The Morgan fingerprint density at radius 3 is 2.46 bits per heavy atom. The molecule has 4 rings (SSSR count). The van der Waals surface area contributed by atoms with Crippen molar-refractivity contribution in [2.75, 3.05) is 28.6 Å². The van der Waals surface area contributed by atoms with Crippen molar-refractivity contribution < 1.29 is 4.79 Å². The Morgan fingerprint density at radius 2 is 1.79 bits per heavy atom. The standard InChI is InChI=1S/C20H21N7O/c28-20(23-16-4-2-1-3-5-16)15-8-12-27(13-9-15)19-7-6-17(25-26-19)24-18-14-21-10-11-22-18/h1-7,10-11,14-15H,8-9,12-13H2,(H,23,28)(H,22,24,25). The van der Waals surface area contributed by atoms with Crippen molar-refractivity contribution in [2.24, 2.45) is 5.92 Å². The van der Waals surface area contributed by atoms with Crippen molar-refractivity contribution in [1.82, 2.24) is 20.2 Å². The normalized spacial score (nSPS) is 14.5. The second-order valence-corrected chi connectivity index (χ2v) is 6.61. The van der Waals surface area contributed by atoms with Gasteiger partial charge in [0.15, 0.2) is 11.6 Å². The van der Waals surface area contributed by atoms with E-state index in [-0.39, 0.29) is 11.8 Å². The minimum Gasteiger partial charge on any atom is -0.355 e. The number of nitrogens with zero attached hydrogens (tertiary/aromatic N) is 5. The van der Waals surface area contributed by atoms with E-state index in [1.165, 1.54) is 0 Å². The number of benzene rings is 1. The fourth-order valence-corrected chi connectivity index (χ4v) is 3.19. The van der Waals surface area contributed by atoms with Crippen molar-refractivity contribution in [2.45, 2.75) is 12.8 Å². The molecule has 0 saturated carbocycles. The number of rotatable bonds is 5. The van der Waals surface area contributed by atoms with Crippen molar-refractivity contribution in [3.05, 3.63) is 61.1 Å². The zero-order chi connectivity index (χ0) is 19.2. The number of carbonyl (C=O) groups excluding carboxylic acids is 1. The molecule has 142 valence electrons. The van der Waals surface area contributed by atoms with E-state index >= 15 is 0 Å². The molecule has 1 saturated heterocycles. The summed E-state index contributed by atoms with van der Waals surface area (Å²) < 4.78 is 0. The molecule has 8 nitrogen and oxygen atoms in total. The molecular weight excluding hydrogens is 354 g/mol. The summed E-state index contributed by atoms with van der Waals surface area (Å²) in [5.41, 5.74) is 0.840. The van der Waals surface area contributed by atoms with Crippen LogP contribution in [0.2, 0.25) is 0 Å². The zero-order valence-electron chi connectivity index (χ0n) is 15.3. The molecule has 1 fully saturated rings. The topological polar surface area (TPSA) is 95.9 Å². The van der Waals surface area contributed by atoms with Crippen molar-refractivity contribution in [3.8, 4) is 0 Å². The molecule has 0 aliphatic carbocycles. The smallest absolute Gasteiger partial charge is 0.227 e. The molecule has 2 aromatic heterocycles. The molecule has 2 N–H and O–H groups in total. The van der Waals surface area contributed by atoms with Gasteiger partial charge in [-0.05, 0) is 37.1 Å². The maximum absolute atomic E-state index is 12.5.